The number of halogens is 2. The summed E-state index contributed by atoms with van der Waals surface area (Å²) in [5, 5.41) is 0. The lowest BCUT2D eigenvalue weighted by Gasteiger charge is -2.03. The lowest BCUT2D eigenvalue weighted by atomic mass is 10.3. The minimum absolute atomic E-state index is 0.0312. The van der Waals surface area contributed by atoms with Crippen molar-refractivity contribution in [3.63, 3.8) is 0 Å². The lowest BCUT2D eigenvalue weighted by molar-refractivity contribution is 0.604. The van der Waals surface area contributed by atoms with Gasteiger partial charge in [0.25, 0.3) is 0 Å². The van der Waals surface area contributed by atoms with Crippen LogP contribution in [0.15, 0.2) is 0 Å². The Morgan fingerprint density at radius 1 is 1.62 bits per heavy atom. The highest BCUT2D eigenvalue weighted by Gasteiger charge is 2.11. The zero-order valence-corrected chi connectivity index (χ0v) is 6.06. The van der Waals surface area contributed by atoms with Crippen LogP contribution in [0.2, 0.25) is 6.04 Å². The number of hydrogen-bond donors (Lipinski definition) is 1. The van der Waals surface area contributed by atoms with Gasteiger partial charge in [-0.2, -0.15) is 0 Å². The van der Waals surface area contributed by atoms with Crippen molar-refractivity contribution in [2.45, 2.75) is 25.4 Å². The van der Waals surface area contributed by atoms with E-state index in [1.165, 1.54) is 0 Å². The van der Waals surface area contributed by atoms with Crippen LogP contribution in [0.3, 0.4) is 0 Å². The molecule has 0 aliphatic rings. The molecule has 0 amide bonds. The Morgan fingerprint density at radius 3 is 2.25 bits per heavy atom. The van der Waals surface area contributed by atoms with Crippen LogP contribution < -0.4 is 5.73 Å². The Balaban J connectivity index is 3.10. The highest BCUT2D eigenvalue weighted by Crippen LogP contribution is 2.01. The maximum atomic E-state index is 11.5. The van der Waals surface area contributed by atoms with Crippen molar-refractivity contribution in [3.8, 4) is 0 Å². The largest absolute Gasteiger partial charge is 0.413 e. The summed E-state index contributed by atoms with van der Waals surface area (Å²) in [6.45, 7) is 1.82. The van der Waals surface area contributed by atoms with Gasteiger partial charge in [-0.3, -0.25) is 8.22 Å². The van der Waals surface area contributed by atoms with Gasteiger partial charge in [-0.1, -0.05) is 6.92 Å². The van der Waals surface area contributed by atoms with Crippen molar-refractivity contribution in [1.29, 1.82) is 0 Å². The summed E-state index contributed by atoms with van der Waals surface area (Å²) in [6, 6.07) is -0.294. The first-order valence-corrected chi connectivity index (χ1v) is 4.39. The summed E-state index contributed by atoms with van der Waals surface area (Å²) in [4.78, 5) is 0. The molecule has 0 bridgehead atoms. The summed E-state index contributed by atoms with van der Waals surface area (Å²) in [5.41, 5.74) is 5.23. The molecule has 0 fully saturated rings. The summed E-state index contributed by atoms with van der Waals surface area (Å²) >= 11 is 0. The third-order valence-electron chi connectivity index (χ3n) is 1.01. The Bertz CT molecular complexity index is 60.0. The molecule has 0 rings (SSSR count). The fourth-order valence-electron chi connectivity index (χ4n) is 0.396. The van der Waals surface area contributed by atoms with Gasteiger partial charge >= 0.3 is 9.46 Å². The summed E-state index contributed by atoms with van der Waals surface area (Å²) in [6.07, 6.45) is 0.664. The maximum Gasteiger partial charge on any atom is 0.413 e. The molecule has 1 unspecified atom stereocenters. The van der Waals surface area contributed by atoms with E-state index < -0.39 is 9.46 Å². The molecule has 0 saturated carbocycles. The van der Waals surface area contributed by atoms with Gasteiger partial charge in [-0.05, 0) is 6.42 Å². The van der Waals surface area contributed by atoms with Gasteiger partial charge in [-0.15, -0.1) is 0 Å². The van der Waals surface area contributed by atoms with Crippen molar-refractivity contribution >= 4 is 9.46 Å². The molecule has 0 aliphatic heterocycles. The first-order chi connectivity index (χ1) is 3.66. The molecule has 2 N–H and O–H groups in total. The van der Waals surface area contributed by atoms with Crippen LogP contribution in [0.25, 0.3) is 0 Å². The number of nitrogens with two attached hydrogens (primary N) is 1. The second-order valence-corrected chi connectivity index (χ2v) is 3.05. The maximum absolute atomic E-state index is 11.5. The first-order valence-electron chi connectivity index (χ1n) is 2.70. The second kappa shape index (κ2) is 3.97. The van der Waals surface area contributed by atoms with E-state index in [0.29, 0.717) is 6.42 Å². The van der Waals surface area contributed by atoms with Crippen molar-refractivity contribution in [3.05, 3.63) is 0 Å². The minimum Gasteiger partial charge on any atom is -0.328 e. The summed E-state index contributed by atoms with van der Waals surface area (Å²) in [7, 11) is -3.37. The molecule has 50 valence electrons. The normalized spacial score (nSPS) is 14.6. The SMILES string of the molecule is CCC(N)C[SiH](F)F. The zero-order chi connectivity index (χ0) is 6.57. The average Bonchev–Trinajstić information content (AvgIpc) is 1.65. The van der Waals surface area contributed by atoms with Crippen LogP contribution in [0.5, 0.6) is 0 Å². The van der Waals surface area contributed by atoms with E-state index in [-0.39, 0.29) is 12.1 Å². The quantitative estimate of drug-likeness (QED) is 0.456. The molecule has 0 saturated heterocycles. The molecule has 0 aromatic rings. The highest BCUT2D eigenvalue weighted by molar-refractivity contribution is 6.42. The van der Waals surface area contributed by atoms with E-state index in [9.17, 15) is 8.22 Å². The van der Waals surface area contributed by atoms with Crippen molar-refractivity contribution < 1.29 is 8.22 Å². The standard InChI is InChI=1S/C4H11F2NSi/c1-2-4(7)3-8(5)6/h4,8H,2-3,7H2,1H3. The van der Waals surface area contributed by atoms with Crippen LogP contribution in [0.4, 0.5) is 8.22 Å². The van der Waals surface area contributed by atoms with Gasteiger partial charge in [0.05, 0.1) is 0 Å². The number of hydrogen-bond acceptors (Lipinski definition) is 1. The van der Waals surface area contributed by atoms with E-state index >= 15 is 0 Å². The molecule has 1 nitrogen and oxygen atoms in total. The van der Waals surface area contributed by atoms with Crippen LogP contribution in [0.1, 0.15) is 13.3 Å². The predicted molar refractivity (Wildman–Crippen MR) is 32.4 cm³/mol. The molecular weight excluding hydrogens is 128 g/mol. The Labute approximate surface area is 49.8 Å². The summed E-state index contributed by atoms with van der Waals surface area (Å²) in [5.74, 6) is 0. The minimum atomic E-state index is -3.37. The molecule has 0 spiro atoms. The van der Waals surface area contributed by atoms with E-state index in [1.54, 1.807) is 0 Å². The van der Waals surface area contributed by atoms with Crippen molar-refractivity contribution in [2.24, 2.45) is 5.73 Å². The van der Waals surface area contributed by atoms with Crippen LogP contribution in [-0.4, -0.2) is 15.5 Å². The fourth-order valence-corrected chi connectivity index (χ4v) is 1.19. The van der Waals surface area contributed by atoms with Crippen LogP contribution in [-0.2, 0) is 0 Å². The van der Waals surface area contributed by atoms with Gasteiger partial charge in [0.1, 0.15) is 0 Å². The number of rotatable bonds is 3. The van der Waals surface area contributed by atoms with Crippen molar-refractivity contribution in [1.82, 2.24) is 0 Å². The predicted octanol–water partition coefficient (Wildman–Crippen LogP) is 0.883. The molecule has 4 heteroatoms. The molecule has 0 radical (unpaired) electrons. The molecule has 0 heterocycles. The van der Waals surface area contributed by atoms with Gasteiger partial charge in [-0.25, -0.2) is 0 Å². The Kier molecular flexibility index (Phi) is 3.99. The third-order valence-corrected chi connectivity index (χ3v) is 1.97. The summed E-state index contributed by atoms with van der Waals surface area (Å²) < 4.78 is 23.1. The smallest absolute Gasteiger partial charge is 0.328 e. The molecule has 1 atom stereocenters. The lowest BCUT2D eigenvalue weighted by Crippen LogP contribution is -2.22. The van der Waals surface area contributed by atoms with E-state index in [2.05, 4.69) is 0 Å². The zero-order valence-electron chi connectivity index (χ0n) is 4.90. The molecule has 0 aromatic heterocycles. The monoisotopic (exact) mass is 139 g/mol. The van der Waals surface area contributed by atoms with Gasteiger partial charge in [0.15, 0.2) is 0 Å². The topological polar surface area (TPSA) is 26.0 Å². The molecular formula is C4H11F2NSi. The molecule has 0 aliphatic carbocycles. The first kappa shape index (κ1) is 8.04. The van der Waals surface area contributed by atoms with Gasteiger partial charge < -0.3 is 5.73 Å². The second-order valence-electron chi connectivity index (χ2n) is 1.80. The third kappa shape index (κ3) is 4.20. The fraction of sp³-hybridized carbons (Fsp3) is 1.00. The Hall–Kier alpha value is 0.0369. The van der Waals surface area contributed by atoms with Crippen LogP contribution >= 0.6 is 0 Å². The molecule has 8 heavy (non-hydrogen) atoms. The van der Waals surface area contributed by atoms with E-state index in [1.807, 2.05) is 6.92 Å². The average molecular weight is 139 g/mol. The van der Waals surface area contributed by atoms with Crippen molar-refractivity contribution in [2.75, 3.05) is 0 Å². The Morgan fingerprint density at radius 2 is 2.12 bits per heavy atom. The highest BCUT2D eigenvalue weighted by atomic mass is 28.4. The van der Waals surface area contributed by atoms with Crippen LogP contribution in [0, 0.1) is 0 Å². The van der Waals surface area contributed by atoms with Gasteiger partial charge in [0, 0.05) is 12.1 Å². The molecule has 0 aromatic carbocycles. The van der Waals surface area contributed by atoms with E-state index in [0.717, 1.165) is 0 Å². The van der Waals surface area contributed by atoms with E-state index in [4.69, 9.17) is 5.73 Å². The van der Waals surface area contributed by atoms with Gasteiger partial charge in [0.2, 0.25) is 0 Å².